The van der Waals surface area contributed by atoms with E-state index < -0.39 is 16.1 Å². The zero-order valence-electron chi connectivity index (χ0n) is 16.9. The van der Waals surface area contributed by atoms with Crippen LogP contribution in [-0.2, 0) is 19.6 Å². The van der Waals surface area contributed by atoms with Gasteiger partial charge in [0.05, 0.1) is 12.3 Å². The van der Waals surface area contributed by atoms with Gasteiger partial charge in [-0.2, -0.15) is 4.31 Å². The van der Waals surface area contributed by atoms with Crippen molar-refractivity contribution in [2.24, 2.45) is 0 Å². The second-order valence-corrected chi connectivity index (χ2v) is 10.1. The third-order valence-corrected chi connectivity index (χ3v) is 7.83. The standard InChI is InChI=1S/C20H26N4O5S/c1-2-30(28,29)23-11-9-22(10-12-23)17(25)13-21-19(26)18-15-5-3-4-6-16(15)20(27)24(18)14-7-8-14/h3-6,14,18H,2,7-13H2,1H3,(H,21,26). The molecule has 4 rings (SSSR count). The lowest BCUT2D eigenvalue weighted by atomic mass is 10.0. The Morgan fingerprint density at radius 1 is 1.10 bits per heavy atom. The smallest absolute Gasteiger partial charge is 0.255 e. The summed E-state index contributed by atoms with van der Waals surface area (Å²) >= 11 is 0. The number of rotatable bonds is 6. The van der Waals surface area contributed by atoms with Crippen molar-refractivity contribution in [3.63, 3.8) is 0 Å². The zero-order chi connectivity index (χ0) is 21.5. The van der Waals surface area contributed by atoms with Crippen LogP contribution in [0.1, 0.15) is 41.7 Å². The normalized spacial score (nSPS) is 22.2. The second-order valence-electron chi connectivity index (χ2n) is 7.83. The van der Waals surface area contributed by atoms with E-state index in [0.717, 1.165) is 12.8 Å². The molecule has 0 spiro atoms. The molecule has 1 aromatic carbocycles. The molecular weight excluding hydrogens is 408 g/mol. The first-order valence-corrected chi connectivity index (χ1v) is 11.9. The Labute approximate surface area is 176 Å². The van der Waals surface area contributed by atoms with Gasteiger partial charge in [0.2, 0.25) is 21.8 Å². The van der Waals surface area contributed by atoms with E-state index in [0.29, 0.717) is 24.2 Å². The van der Waals surface area contributed by atoms with Gasteiger partial charge >= 0.3 is 0 Å². The van der Waals surface area contributed by atoms with Gasteiger partial charge in [-0.25, -0.2) is 8.42 Å². The van der Waals surface area contributed by atoms with Crippen LogP contribution in [-0.4, -0.2) is 84.8 Å². The first-order valence-electron chi connectivity index (χ1n) is 10.3. The molecule has 2 fully saturated rings. The molecule has 2 aliphatic heterocycles. The molecule has 0 radical (unpaired) electrons. The fourth-order valence-corrected chi connectivity index (χ4v) is 5.19. The van der Waals surface area contributed by atoms with E-state index in [9.17, 15) is 22.8 Å². The Hall–Kier alpha value is -2.46. The van der Waals surface area contributed by atoms with Crippen LogP contribution in [0.5, 0.6) is 0 Å². The fourth-order valence-electron chi connectivity index (χ4n) is 4.10. The van der Waals surface area contributed by atoms with Crippen LogP contribution in [0.25, 0.3) is 0 Å². The molecule has 162 valence electrons. The minimum Gasteiger partial charge on any atom is -0.345 e. The van der Waals surface area contributed by atoms with Crippen molar-refractivity contribution < 1.29 is 22.8 Å². The van der Waals surface area contributed by atoms with Crippen LogP contribution in [0.15, 0.2) is 24.3 Å². The molecule has 3 amide bonds. The molecule has 1 N–H and O–H groups in total. The van der Waals surface area contributed by atoms with Gasteiger partial charge in [-0.3, -0.25) is 14.4 Å². The first kappa shape index (κ1) is 20.8. The van der Waals surface area contributed by atoms with Crippen molar-refractivity contribution in [2.75, 3.05) is 38.5 Å². The number of carbonyl (C=O) groups excluding carboxylic acids is 3. The van der Waals surface area contributed by atoms with Crippen molar-refractivity contribution in [3.8, 4) is 0 Å². The van der Waals surface area contributed by atoms with Gasteiger partial charge in [0.15, 0.2) is 0 Å². The van der Waals surface area contributed by atoms with Crippen LogP contribution in [0, 0.1) is 0 Å². The van der Waals surface area contributed by atoms with E-state index in [1.807, 2.05) is 0 Å². The summed E-state index contributed by atoms with van der Waals surface area (Å²) in [4.78, 5) is 41.4. The molecule has 1 saturated heterocycles. The topological polar surface area (TPSA) is 107 Å². The molecule has 1 atom stereocenters. The number of nitrogens with zero attached hydrogens (tertiary/aromatic N) is 3. The van der Waals surface area contributed by atoms with E-state index in [2.05, 4.69) is 5.32 Å². The van der Waals surface area contributed by atoms with Gasteiger partial charge < -0.3 is 15.1 Å². The first-order chi connectivity index (χ1) is 14.3. The number of amides is 3. The Bertz CT molecular complexity index is 967. The molecule has 30 heavy (non-hydrogen) atoms. The van der Waals surface area contributed by atoms with Crippen molar-refractivity contribution >= 4 is 27.7 Å². The summed E-state index contributed by atoms with van der Waals surface area (Å²) in [6.07, 6.45) is 1.76. The highest BCUT2D eigenvalue weighted by Gasteiger charge is 2.47. The average molecular weight is 435 g/mol. The largest absolute Gasteiger partial charge is 0.345 e. The summed E-state index contributed by atoms with van der Waals surface area (Å²) in [5.41, 5.74) is 1.22. The van der Waals surface area contributed by atoms with Gasteiger partial charge in [-0.1, -0.05) is 18.2 Å². The third-order valence-electron chi connectivity index (χ3n) is 5.95. The van der Waals surface area contributed by atoms with Crippen molar-refractivity contribution in [2.45, 2.75) is 31.8 Å². The van der Waals surface area contributed by atoms with Gasteiger partial charge in [0, 0.05) is 37.8 Å². The highest BCUT2D eigenvalue weighted by molar-refractivity contribution is 7.89. The third kappa shape index (κ3) is 3.81. The molecule has 10 heteroatoms. The van der Waals surface area contributed by atoms with Crippen LogP contribution in [0.3, 0.4) is 0 Å². The number of fused-ring (bicyclic) bond motifs is 1. The van der Waals surface area contributed by atoms with Gasteiger partial charge in [-0.15, -0.1) is 0 Å². The minimum atomic E-state index is -3.26. The van der Waals surface area contributed by atoms with E-state index in [1.165, 1.54) is 4.31 Å². The van der Waals surface area contributed by atoms with Gasteiger partial charge in [-0.05, 0) is 31.4 Å². The lowest BCUT2D eigenvalue weighted by Gasteiger charge is -2.34. The van der Waals surface area contributed by atoms with Gasteiger partial charge in [0.1, 0.15) is 6.04 Å². The molecule has 1 aromatic rings. The SMILES string of the molecule is CCS(=O)(=O)N1CCN(C(=O)CNC(=O)C2c3ccccc3C(=O)N2C2CC2)CC1. The Morgan fingerprint density at radius 3 is 2.40 bits per heavy atom. The highest BCUT2D eigenvalue weighted by atomic mass is 32.2. The molecule has 1 saturated carbocycles. The molecule has 2 heterocycles. The van der Waals surface area contributed by atoms with E-state index >= 15 is 0 Å². The summed E-state index contributed by atoms with van der Waals surface area (Å²) in [6, 6.07) is 6.47. The zero-order valence-corrected chi connectivity index (χ0v) is 17.7. The lowest BCUT2D eigenvalue weighted by Crippen LogP contribution is -2.53. The number of piperazine rings is 1. The Kier molecular flexibility index (Phi) is 5.54. The Balaban J connectivity index is 1.37. The van der Waals surface area contributed by atoms with Crippen LogP contribution >= 0.6 is 0 Å². The summed E-state index contributed by atoms with van der Waals surface area (Å²) in [7, 11) is -3.26. The molecule has 0 bridgehead atoms. The second kappa shape index (κ2) is 7.99. The average Bonchev–Trinajstić information content (AvgIpc) is 3.56. The fraction of sp³-hybridized carbons (Fsp3) is 0.550. The summed E-state index contributed by atoms with van der Waals surface area (Å²) in [5, 5.41) is 2.69. The number of nitrogens with one attached hydrogen (secondary N) is 1. The number of carbonyl (C=O) groups is 3. The van der Waals surface area contributed by atoms with Crippen LogP contribution in [0.2, 0.25) is 0 Å². The summed E-state index contributed by atoms with van der Waals surface area (Å²) in [6.45, 7) is 2.54. The van der Waals surface area contributed by atoms with E-state index in [4.69, 9.17) is 0 Å². The predicted octanol–water partition coefficient (Wildman–Crippen LogP) is -0.0440. The Morgan fingerprint density at radius 2 is 1.77 bits per heavy atom. The molecule has 1 unspecified atom stereocenters. The van der Waals surface area contributed by atoms with E-state index in [-0.39, 0.29) is 49.2 Å². The van der Waals surface area contributed by atoms with Crippen molar-refractivity contribution in [1.82, 2.24) is 19.4 Å². The quantitative estimate of drug-likeness (QED) is 0.676. The lowest BCUT2D eigenvalue weighted by molar-refractivity contribution is -0.135. The van der Waals surface area contributed by atoms with Crippen LogP contribution < -0.4 is 5.32 Å². The van der Waals surface area contributed by atoms with Gasteiger partial charge in [0.25, 0.3) is 5.91 Å². The molecule has 9 nitrogen and oxygen atoms in total. The minimum absolute atomic E-state index is 0.0378. The number of hydrogen-bond acceptors (Lipinski definition) is 5. The maximum atomic E-state index is 12.9. The maximum Gasteiger partial charge on any atom is 0.255 e. The number of hydrogen-bond donors (Lipinski definition) is 1. The summed E-state index contributed by atoms with van der Waals surface area (Å²) in [5.74, 6) is -0.711. The van der Waals surface area contributed by atoms with Crippen molar-refractivity contribution in [1.29, 1.82) is 0 Å². The molecule has 1 aliphatic carbocycles. The van der Waals surface area contributed by atoms with Crippen LogP contribution in [0.4, 0.5) is 0 Å². The molecule has 0 aromatic heterocycles. The highest BCUT2D eigenvalue weighted by Crippen LogP contribution is 2.41. The monoisotopic (exact) mass is 434 g/mol. The summed E-state index contributed by atoms with van der Waals surface area (Å²) < 4.78 is 25.3. The van der Waals surface area contributed by atoms with Crippen molar-refractivity contribution in [3.05, 3.63) is 35.4 Å². The predicted molar refractivity (Wildman–Crippen MR) is 109 cm³/mol. The van der Waals surface area contributed by atoms with E-state index in [1.54, 1.807) is 41.0 Å². The number of sulfonamides is 1. The maximum absolute atomic E-state index is 12.9. The number of benzene rings is 1. The molecule has 3 aliphatic rings. The molecular formula is C20H26N4O5S.